The summed E-state index contributed by atoms with van der Waals surface area (Å²) in [4.78, 5) is 6.78. The van der Waals surface area contributed by atoms with Crippen LogP contribution in [0.5, 0.6) is 5.88 Å². The first-order valence-corrected chi connectivity index (χ1v) is 8.80. The topological polar surface area (TPSA) is 49.1 Å². The van der Waals surface area contributed by atoms with Crippen LogP contribution in [-0.4, -0.2) is 35.6 Å². The van der Waals surface area contributed by atoms with Crippen LogP contribution in [0.1, 0.15) is 31.4 Å². The standard InChI is InChI=1S/C20H25N3O/c1-2-3-10-19(24-20-11-6-9-18(12-21)22-20)15-23-13-16-7-4-5-8-17(16)14-23/h2,4-6,9,11,16-17,19H,1,3,7-8,10,13-15H2/t16-,17+,19?. The van der Waals surface area contributed by atoms with Crippen LogP contribution in [0.3, 0.4) is 0 Å². The first kappa shape index (κ1) is 16.7. The molecule has 3 rings (SSSR count). The van der Waals surface area contributed by atoms with E-state index in [9.17, 15) is 0 Å². The van der Waals surface area contributed by atoms with Crippen LogP contribution in [0.2, 0.25) is 0 Å². The number of pyridine rings is 1. The summed E-state index contributed by atoms with van der Waals surface area (Å²) in [6.45, 7) is 7.06. The summed E-state index contributed by atoms with van der Waals surface area (Å²) < 4.78 is 6.11. The number of aromatic nitrogens is 1. The van der Waals surface area contributed by atoms with Gasteiger partial charge >= 0.3 is 0 Å². The molecule has 1 aliphatic carbocycles. The van der Waals surface area contributed by atoms with E-state index in [1.807, 2.05) is 18.2 Å². The number of nitriles is 1. The smallest absolute Gasteiger partial charge is 0.214 e. The second-order valence-electron chi connectivity index (χ2n) is 6.76. The monoisotopic (exact) mass is 323 g/mol. The van der Waals surface area contributed by atoms with E-state index in [0.717, 1.165) is 44.3 Å². The van der Waals surface area contributed by atoms with E-state index < -0.39 is 0 Å². The molecule has 1 fully saturated rings. The molecule has 1 aromatic rings. The molecule has 0 N–H and O–H groups in total. The zero-order chi connectivity index (χ0) is 16.8. The Bertz CT molecular complexity index is 618. The van der Waals surface area contributed by atoms with E-state index in [4.69, 9.17) is 10.00 Å². The van der Waals surface area contributed by atoms with Crippen LogP contribution in [0.15, 0.2) is 43.0 Å². The summed E-state index contributed by atoms with van der Waals surface area (Å²) in [7, 11) is 0. The lowest BCUT2D eigenvalue weighted by Crippen LogP contribution is -2.34. The molecule has 3 atom stereocenters. The average molecular weight is 323 g/mol. The Hall–Kier alpha value is -2.12. The maximum Gasteiger partial charge on any atom is 0.214 e. The number of hydrogen-bond donors (Lipinski definition) is 0. The third kappa shape index (κ3) is 4.24. The van der Waals surface area contributed by atoms with Gasteiger partial charge in [0.1, 0.15) is 17.9 Å². The molecule has 0 radical (unpaired) electrons. The van der Waals surface area contributed by atoms with Crippen LogP contribution in [0.4, 0.5) is 0 Å². The molecule has 4 heteroatoms. The van der Waals surface area contributed by atoms with Gasteiger partial charge in [-0.25, -0.2) is 4.98 Å². The summed E-state index contributed by atoms with van der Waals surface area (Å²) in [6, 6.07) is 7.41. The molecule has 0 bridgehead atoms. The van der Waals surface area contributed by atoms with E-state index in [1.54, 1.807) is 6.07 Å². The second-order valence-corrected chi connectivity index (χ2v) is 6.76. The molecule has 1 aromatic heterocycles. The first-order chi connectivity index (χ1) is 11.8. The van der Waals surface area contributed by atoms with Crippen LogP contribution >= 0.6 is 0 Å². The molecule has 1 saturated heterocycles. The van der Waals surface area contributed by atoms with E-state index >= 15 is 0 Å². The Morgan fingerprint density at radius 1 is 1.33 bits per heavy atom. The summed E-state index contributed by atoms with van der Waals surface area (Å²) in [6.07, 6.45) is 10.9. The molecule has 2 aliphatic rings. The van der Waals surface area contributed by atoms with Crippen molar-refractivity contribution in [3.05, 3.63) is 48.7 Å². The van der Waals surface area contributed by atoms with Crippen LogP contribution in [-0.2, 0) is 0 Å². The minimum atomic E-state index is 0.0811. The quantitative estimate of drug-likeness (QED) is 0.720. The van der Waals surface area contributed by atoms with Crippen LogP contribution in [0, 0.1) is 23.2 Å². The maximum absolute atomic E-state index is 8.99. The molecule has 2 heterocycles. The van der Waals surface area contributed by atoms with Gasteiger partial charge in [0.25, 0.3) is 0 Å². The van der Waals surface area contributed by atoms with Gasteiger partial charge in [-0.3, -0.25) is 4.90 Å². The number of fused-ring (bicyclic) bond motifs is 1. The molecule has 0 amide bonds. The van der Waals surface area contributed by atoms with Crippen molar-refractivity contribution in [1.29, 1.82) is 5.26 Å². The Morgan fingerprint density at radius 2 is 2.08 bits per heavy atom. The molecule has 0 saturated carbocycles. The highest BCUT2D eigenvalue weighted by Crippen LogP contribution is 2.33. The van der Waals surface area contributed by atoms with Gasteiger partial charge in [-0.05, 0) is 43.6 Å². The molecule has 0 aromatic carbocycles. The number of hydrogen-bond acceptors (Lipinski definition) is 4. The lowest BCUT2D eigenvalue weighted by atomic mass is 9.86. The predicted molar refractivity (Wildman–Crippen MR) is 94.6 cm³/mol. The SMILES string of the molecule is C=CCCC(CN1C[C@H]2CC=CC[C@H]2C1)Oc1cccc(C#N)n1. The van der Waals surface area contributed by atoms with E-state index in [2.05, 4.69) is 34.7 Å². The van der Waals surface area contributed by atoms with Crippen LogP contribution in [0.25, 0.3) is 0 Å². The summed E-state index contributed by atoms with van der Waals surface area (Å²) in [5.74, 6) is 2.14. The Kier molecular flexibility index (Phi) is 5.66. The summed E-state index contributed by atoms with van der Waals surface area (Å²) in [5, 5.41) is 8.99. The van der Waals surface area contributed by atoms with Crippen molar-refractivity contribution < 1.29 is 4.74 Å². The van der Waals surface area contributed by atoms with Gasteiger partial charge in [0.2, 0.25) is 5.88 Å². The fraction of sp³-hybridized carbons (Fsp3) is 0.500. The van der Waals surface area contributed by atoms with Crippen molar-refractivity contribution in [1.82, 2.24) is 9.88 Å². The highest BCUT2D eigenvalue weighted by molar-refractivity contribution is 5.24. The minimum Gasteiger partial charge on any atom is -0.473 e. The lowest BCUT2D eigenvalue weighted by molar-refractivity contribution is 0.131. The molecule has 1 unspecified atom stereocenters. The normalized spacial score (nSPS) is 24.1. The number of likely N-dealkylation sites (tertiary alicyclic amines) is 1. The number of nitrogens with zero attached hydrogens (tertiary/aromatic N) is 3. The number of rotatable bonds is 7. The van der Waals surface area contributed by atoms with Gasteiger partial charge in [-0.15, -0.1) is 6.58 Å². The highest BCUT2D eigenvalue weighted by Gasteiger charge is 2.33. The Balaban J connectivity index is 1.61. The van der Waals surface area contributed by atoms with Gasteiger partial charge in [0, 0.05) is 25.7 Å². The predicted octanol–water partition coefficient (Wildman–Crippen LogP) is 3.56. The minimum absolute atomic E-state index is 0.0811. The molecule has 24 heavy (non-hydrogen) atoms. The van der Waals surface area contributed by atoms with E-state index in [-0.39, 0.29) is 6.10 Å². The summed E-state index contributed by atoms with van der Waals surface area (Å²) >= 11 is 0. The third-order valence-corrected chi connectivity index (χ3v) is 4.98. The molecule has 0 spiro atoms. The van der Waals surface area contributed by atoms with Gasteiger partial charge in [0.05, 0.1) is 0 Å². The lowest BCUT2D eigenvalue weighted by Gasteiger charge is -2.24. The zero-order valence-electron chi connectivity index (χ0n) is 14.1. The van der Waals surface area contributed by atoms with E-state index in [0.29, 0.717) is 11.6 Å². The van der Waals surface area contributed by atoms with Gasteiger partial charge < -0.3 is 4.74 Å². The van der Waals surface area contributed by atoms with Crippen LogP contribution < -0.4 is 4.74 Å². The third-order valence-electron chi connectivity index (χ3n) is 4.98. The van der Waals surface area contributed by atoms with Crippen molar-refractivity contribution in [2.24, 2.45) is 11.8 Å². The molecular weight excluding hydrogens is 298 g/mol. The highest BCUT2D eigenvalue weighted by atomic mass is 16.5. The van der Waals surface area contributed by atoms with Gasteiger partial charge in [-0.1, -0.05) is 24.3 Å². The maximum atomic E-state index is 8.99. The van der Waals surface area contributed by atoms with E-state index in [1.165, 1.54) is 12.8 Å². The van der Waals surface area contributed by atoms with Gasteiger partial charge in [-0.2, -0.15) is 5.26 Å². The fourth-order valence-corrected chi connectivity index (χ4v) is 3.75. The molecule has 1 aliphatic heterocycles. The van der Waals surface area contributed by atoms with Crippen molar-refractivity contribution in [3.8, 4) is 11.9 Å². The zero-order valence-corrected chi connectivity index (χ0v) is 14.1. The van der Waals surface area contributed by atoms with Crippen molar-refractivity contribution in [2.75, 3.05) is 19.6 Å². The molecule has 4 nitrogen and oxygen atoms in total. The van der Waals surface area contributed by atoms with Crippen molar-refractivity contribution >= 4 is 0 Å². The van der Waals surface area contributed by atoms with Gasteiger partial charge in [0.15, 0.2) is 0 Å². The Labute approximate surface area is 144 Å². The van der Waals surface area contributed by atoms with Crippen molar-refractivity contribution in [3.63, 3.8) is 0 Å². The second kappa shape index (κ2) is 8.12. The first-order valence-electron chi connectivity index (χ1n) is 8.80. The summed E-state index contributed by atoms with van der Waals surface area (Å²) in [5.41, 5.74) is 0.397. The number of ether oxygens (including phenoxy) is 1. The molecule has 126 valence electrons. The number of allylic oxidation sites excluding steroid dienone is 3. The largest absolute Gasteiger partial charge is 0.473 e. The Morgan fingerprint density at radius 3 is 2.75 bits per heavy atom. The fourth-order valence-electron chi connectivity index (χ4n) is 3.75. The average Bonchev–Trinajstić information content (AvgIpc) is 3.02. The molecular formula is C20H25N3O. The van der Waals surface area contributed by atoms with Crippen molar-refractivity contribution in [2.45, 2.75) is 31.8 Å².